The molecule has 0 heterocycles. The van der Waals surface area contributed by atoms with Gasteiger partial charge in [-0.25, -0.2) is 0 Å². The monoisotopic (exact) mass is 186 g/mol. The second-order valence-corrected chi connectivity index (χ2v) is 4.65. The summed E-state index contributed by atoms with van der Waals surface area (Å²) in [6.45, 7) is 7.16. The zero-order valence-electron chi connectivity index (χ0n) is 9.55. The Kier molecular flexibility index (Phi) is 8.53. The summed E-state index contributed by atoms with van der Waals surface area (Å²) < 4.78 is 0. The maximum absolute atomic E-state index is 8.71. The van der Waals surface area contributed by atoms with Gasteiger partial charge in [-0.15, -0.1) is 0 Å². The van der Waals surface area contributed by atoms with Crippen molar-refractivity contribution in [3.8, 4) is 0 Å². The van der Waals surface area contributed by atoms with Crippen LogP contribution in [-0.2, 0) is 0 Å². The summed E-state index contributed by atoms with van der Waals surface area (Å²) in [4.78, 5) is 0. The van der Waals surface area contributed by atoms with Crippen molar-refractivity contribution >= 4 is 0 Å². The minimum Gasteiger partial charge on any atom is -0.396 e. The Labute approximate surface area is 83.5 Å². The van der Waals surface area contributed by atoms with Crippen LogP contribution < -0.4 is 0 Å². The van der Waals surface area contributed by atoms with Crippen LogP contribution in [0.15, 0.2) is 0 Å². The summed E-state index contributed by atoms with van der Waals surface area (Å²) in [7, 11) is 0. The molecule has 1 N–H and O–H groups in total. The smallest absolute Gasteiger partial charge is 0.0433 e. The molecule has 0 aromatic heterocycles. The number of aliphatic hydroxyl groups excluding tert-OH is 1. The predicted molar refractivity (Wildman–Crippen MR) is 58.8 cm³/mol. The molecule has 0 saturated heterocycles. The molecule has 13 heavy (non-hydrogen) atoms. The summed E-state index contributed by atoms with van der Waals surface area (Å²) in [6.07, 6.45) is 7.72. The topological polar surface area (TPSA) is 20.2 Å². The summed E-state index contributed by atoms with van der Waals surface area (Å²) in [5, 5.41) is 8.71. The molecule has 0 amide bonds. The van der Waals surface area contributed by atoms with Gasteiger partial charge in [0.05, 0.1) is 0 Å². The summed E-state index contributed by atoms with van der Waals surface area (Å²) >= 11 is 0. The highest BCUT2D eigenvalue weighted by Crippen LogP contribution is 2.14. The molecule has 0 bridgehead atoms. The van der Waals surface area contributed by atoms with Crippen LogP contribution in [0.2, 0.25) is 0 Å². The van der Waals surface area contributed by atoms with Crippen LogP contribution in [0.5, 0.6) is 0 Å². The molecule has 0 aliphatic carbocycles. The lowest BCUT2D eigenvalue weighted by Crippen LogP contribution is -1.98. The van der Waals surface area contributed by atoms with Crippen LogP contribution in [-0.4, -0.2) is 11.7 Å². The molecule has 0 saturated carbocycles. The quantitative estimate of drug-likeness (QED) is 0.574. The first kappa shape index (κ1) is 13.0. The second kappa shape index (κ2) is 8.55. The van der Waals surface area contributed by atoms with Crippen LogP contribution in [0.3, 0.4) is 0 Å². The minimum atomic E-state index is 0.354. The van der Waals surface area contributed by atoms with E-state index < -0.39 is 0 Å². The first-order valence-corrected chi connectivity index (χ1v) is 5.77. The Bertz CT molecular complexity index is 99.3. The average Bonchev–Trinajstić information content (AvgIpc) is 2.03. The first-order valence-electron chi connectivity index (χ1n) is 5.77. The molecule has 0 radical (unpaired) electrons. The van der Waals surface area contributed by atoms with Crippen molar-refractivity contribution in [3.05, 3.63) is 0 Å². The van der Waals surface area contributed by atoms with Gasteiger partial charge in [-0.2, -0.15) is 0 Å². The van der Waals surface area contributed by atoms with Crippen molar-refractivity contribution in [2.75, 3.05) is 6.61 Å². The number of aliphatic hydroxyl groups is 1. The molecular weight excluding hydrogens is 160 g/mol. The summed E-state index contributed by atoms with van der Waals surface area (Å²) in [5.74, 6) is 1.57. The molecule has 1 heteroatoms. The molecule has 0 aliphatic rings. The van der Waals surface area contributed by atoms with E-state index >= 15 is 0 Å². The zero-order chi connectivity index (χ0) is 10.1. The SMILES string of the molecule is CC(C)CCCCCC(C)CCO. The third kappa shape index (κ3) is 9.88. The molecule has 80 valence electrons. The van der Waals surface area contributed by atoms with Crippen LogP contribution >= 0.6 is 0 Å². The standard InChI is InChI=1S/C12H26O/c1-11(2)7-5-4-6-8-12(3)9-10-13/h11-13H,4-10H2,1-3H3. The predicted octanol–water partition coefficient (Wildman–Crippen LogP) is 3.61. The maximum Gasteiger partial charge on any atom is 0.0433 e. The van der Waals surface area contributed by atoms with Crippen LogP contribution in [0.1, 0.15) is 59.3 Å². The molecule has 0 spiro atoms. The van der Waals surface area contributed by atoms with Crippen molar-refractivity contribution in [1.82, 2.24) is 0 Å². The average molecular weight is 186 g/mol. The van der Waals surface area contributed by atoms with Gasteiger partial charge in [0.15, 0.2) is 0 Å². The van der Waals surface area contributed by atoms with Gasteiger partial charge in [0, 0.05) is 6.61 Å². The van der Waals surface area contributed by atoms with Gasteiger partial charge in [0.2, 0.25) is 0 Å². The second-order valence-electron chi connectivity index (χ2n) is 4.65. The molecule has 0 rings (SSSR count). The van der Waals surface area contributed by atoms with Crippen molar-refractivity contribution in [3.63, 3.8) is 0 Å². The van der Waals surface area contributed by atoms with E-state index in [2.05, 4.69) is 20.8 Å². The number of rotatable bonds is 8. The summed E-state index contributed by atoms with van der Waals surface area (Å²) in [6, 6.07) is 0. The Morgan fingerprint density at radius 3 is 2.00 bits per heavy atom. The number of unbranched alkanes of at least 4 members (excludes halogenated alkanes) is 2. The fraction of sp³-hybridized carbons (Fsp3) is 1.00. The van der Waals surface area contributed by atoms with E-state index in [0.717, 1.165) is 12.3 Å². The van der Waals surface area contributed by atoms with Crippen molar-refractivity contribution in [2.24, 2.45) is 11.8 Å². The van der Waals surface area contributed by atoms with Crippen LogP contribution in [0, 0.1) is 11.8 Å². The van der Waals surface area contributed by atoms with Crippen molar-refractivity contribution < 1.29 is 5.11 Å². The third-order valence-corrected chi connectivity index (χ3v) is 2.60. The van der Waals surface area contributed by atoms with Crippen molar-refractivity contribution in [2.45, 2.75) is 59.3 Å². The fourth-order valence-corrected chi connectivity index (χ4v) is 1.59. The van der Waals surface area contributed by atoms with Crippen LogP contribution in [0.25, 0.3) is 0 Å². The molecule has 0 aromatic rings. The lowest BCUT2D eigenvalue weighted by Gasteiger charge is -2.09. The van der Waals surface area contributed by atoms with Gasteiger partial charge in [0.25, 0.3) is 0 Å². The first-order chi connectivity index (χ1) is 6.16. The lowest BCUT2D eigenvalue weighted by atomic mass is 9.98. The molecule has 0 aromatic carbocycles. The lowest BCUT2D eigenvalue weighted by molar-refractivity contribution is 0.256. The van der Waals surface area contributed by atoms with Crippen LogP contribution in [0.4, 0.5) is 0 Å². The van der Waals surface area contributed by atoms with E-state index in [0.29, 0.717) is 12.5 Å². The normalized spacial score (nSPS) is 13.6. The van der Waals surface area contributed by atoms with E-state index in [1.54, 1.807) is 0 Å². The fourth-order valence-electron chi connectivity index (χ4n) is 1.59. The highest BCUT2D eigenvalue weighted by molar-refractivity contribution is 4.54. The summed E-state index contributed by atoms with van der Waals surface area (Å²) in [5.41, 5.74) is 0. The van der Waals surface area contributed by atoms with E-state index in [-0.39, 0.29) is 0 Å². The van der Waals surface area contributed by atoms with E-state index in [1.165, 1.54) is 32.1 Å². The van der Waals surface area contributed by atoms with E-state index in [1.807, 2.05) is 0 Å². The molecule has 1 unspecified atom stereocenters. The van der Waals surface area contributed by atoms with Gasteiger partial charge in [-0.05, 0) is 18.3 Å². The molecule has 1 nitrogen and oxygen atoms in total. The van der Waals surface area contributed by atoms with Gasteiger partial charge in [0.1, 0.15) is 0 Å². The van der Waals surface area contributed by atoms with Crippen molar-refractivity contribution in [1.29, 1.82) is 0 Å². The molecule has 0 aliphatic heterocycles. The zero-order valence-corrected chi connectivity index (χ0v) is 9.55. The molecule has 1 atom stereocenters. The maximum atomic E-state index is 8.71. The minimum absolute atomic E-state index is 0.354. The Morgan fingerprint density at radius 1 is 0.846 bits per heavy atom. The van der Waals surface area contributed by atoms with E-state index in [9.17, 15) is 0 Å². The highest BCUT2D eigenvalue weighted by Gasteiger charge is 2.00. The number of hydrogen-bond acceptors (Lipinski definition) is 1. The largest absolute Gasteiger partial charge is 0.396 e. The Balaban J connectivity index is 3.06. The Hall–Kier alpha value is -0.0400. The Morgan fingerprint density at radius 2 is 1.46 bits per heavy atom. The highest BCUT2D eigenvalue weighted by atomic mass is 16.3. The third-order valence-electron chi connectivity index (χ3n) is 2.60. The van der Waals surface area contributed by atoms with Gasteiger partial charge >= 0.3 is 0 Å². The van der Waals surface area contributed by atoms with Gasteiger partial charge in [-0.1, -0.05) is 52.9 Å². The van der Waals surface area contributed by atoms with Gasteiger partial charge < -0.3 is 5.11 Å². The molecule has 0 fully saturated rings. The number of hydrogen-bond donors (Lipinski definition) is 1. The van der Waals surface area contributed by atoms with E-state index in [4.69, 9.17) is 5.11 Å². The van der Waals surface area contributed by atoms with Gasteiger partial charge in [-0.3, -0.25) is 0 Å². The molecular formula is C12H26O.